The summed E-state index contributed by atoms with van der Waals surface area (Å²) >= 11 is 1.57. The van der Waals surface area contributed by atoms with Crippen LogP contribution in [0.15, 0.2) is 43.0 Å². The molecule has 0 saturated carbocycles. The van der Waals surface area contributed by atoms with Crippen LogP contribution in [0.25, 0.3) is 5.69 Å². The number of carbonyl (C=O) groups excluding carboxylic acids is 1. The lowest BCUT2D eigenvalue weighted by atomic mass is 10.2. The summed E-state index contributed by atoms with van der Waals surface area (Å²) in [7, 11) is 2.10. The Labute approximate surface area is 143 Å². The number of fused-ring (bicyclic) bond motifs is 1. The second-order valence-corrected chi connectivity index (χ2v) is 6.93. The van der Waals surface area contributed by atoms with Gasteiger partial charge in [0.05, 0.1) is 12.0 Å². The third kappa shape index (κ3) is 2.95. The maximum atomic E-state index is 12.4. The number of nitrogens with one attached hydrogen (secondary N) is 1. The first-order chi connectivity index (χ1) is 11.7. The fourth-order valence-electron chi connectivity index (χ4n) is 2.74. The minimum absolute atomic E-state index is 0.133. The molecule has 0 saturated heterocycles. The molecule has 0 radical (unpaired) electrons. The highest BCUT2D eigenvalue weighted by Gasteiger charge is 2.19. The van der Waals surface area contributed by atoms with Crippen LogP contribution < -0.4 is 5.32 Å². The minimum Gasteiger partial charge on any atom is -0.306 e. The molecule has 2 aromatic heterocycles. The maximum Gasteiger partial charge on any atom is 0.257 e. The van der Waals surface area contributed by atoms with Crippen molar-refractivity contribution in [3.8, 4) is 5.69 Å². The van der Waals surface area contributed by atoms with Crippen molar-refractivity contribution in [2.75, 3.05) is 18.9 Å². The Bertz CT molecular complexity index is 854. The van der Waals surface area contributed by atoms with Gasteiger partial charge in [0.2, 0.25) is 0 Å². The van der Waals surface area contributed by atoms with E-state index in [1.54, 1.807) is 23.9 Å². The average Bonchev–Trinajstić information content (AvgIpc) is 3.23. The van der Waals surface area contributed by atoms with E-state index in [1.807, 2.05) is 35.0 Å². The molecule has 6 nitrogen and oxygen atoms in total. The number of benzene rings is 1. The largest absolute Gasteiger partial charge is 0.306 e. The van der Waals surface area contributed by atoms with E-state index in [1.165, 1.54) is 4.88 Å². The lowest BCUT2D eigenvalue weighted by Gasteiger charge is -2.20. The van der Waals surface area contributed by atoms with Crippen molar-refractivity contribution in [1.82, 2.24) is 19.4 Å². The van der Waals surface area contributed by atoms with E-state index >= 15 is 0 Å². The van der Waals surface area contributed by atoms with Gasteiger partial charge in [0, 0.05) is 48.0 Å². The number of likely N-dealkylation sites (N-methyl/N-ethyl adjacent to an activating group) is 1. The van der Waals surface area contributed by atoms with Crippen LogP contribution in [0.1, 0.15) is 20.9 Å². The Kier molecular flexibility index (Phi) is 3.87. The van der Waals surface area contributed by atoms with Gasteiger partial charge in [0.15, 0.2) is 5.13 Å². The van der Waals surface area contributed by atoms with Crippen LogP contribution in [-0.4, -0.2) is 38.9 Å². The first-order valence-electron chi connectivity index (χ1n) is 7.76. The smallest absolute Gasteiger partial charge is 0.257 e. The van der Waals surface area contributed by atoms with Gasteiger partial charge in [0.1, 0.15) is 0 Å². The number of imidazole rings is 1. The van der Waals surface area contributed by atoms with E-state index < -0.39 is 0 Å². The van der Waals surface area contributed by atoms with Crippen LogP contribution in [0.3, 0.4) is 0 Å². The van der Waals surface area contributed by atoms with Gasteiger partial charge in [-0.1, -0.05) is 0 Å². The molecule has 24 heavy (non-hydrogen) atoms. The number of thiazole rings is 1. The number of nitrogens with zero attached hydrogens (tertiary/aromatic N) is 4. The van der Waals surface area contributed by atoms with Crippen LogP contribution in [0.4, 0.5) is 5.13 Å². The number of hydrogen-bond donors (Lipinski definition) is 1. The molecular weight excluding hydrogens is 322 g/mol. The highest BCUT2D eigenvalue weighted by Crippen LogP contribution is 2.28. The number of carbonyl (C=O) groups is 1. The van der Waals surface area contributed by atoms with Crippen molar-refractivity contribution in [2.45, 2.75) is 13.0 Å². The van der Waals surface area contributed by atoms with Crippen LogP contribution in [0.2, 0.25) is 0 Å². The first-order valence-corrected chi connectivity index (χ1v) is 8.57. The summed E-state index contributed by atoms with van der Waals surface area (Å²) in [4.78, 5) is 24.5. The van der Waals surface area contributed by atoms with Crippen molar-refractivity contribution in [2.24, 2.45) is 0 Å². The van der Waals surface area contributed by atoms with Crippen molar-refractivity contribution in [3.63, 3.8) is 0 Å². The van der Waals surface area contributed by atoms with E-state index in [0.717, 1.165) is 30.9 Å². The van der Waals surface area contributed by atoms with Crippen LogP contribution in [0.5, 0.6) is 0 Å². The third-order valence-corrected chi connectivity index (χ3v) is 5.07. The monoisotopic (exact) mass is 339 g/mol. The SMILES string of the molecule is CN1CCc2nc(NC(=O)c3ccc(-n4ccnc4)cc3)sc2C1. The van der Waals surface area contributed by atoms with Gasteiger partial charge in [-0.05, 0) is 31.3 Å². The highest BCUT2D eigenvalue weighted by atomic mass is 32.1. The minimum atomic E-state index is -0.133. The molecule has 0 aliphatic carbocycles. The molecule has 0 atom stereocenters. The topological polar surface area (TPSA) is 63.1 Å². The van der Waals surface area contributed by atoms with Crippen molar-refractivity contribution >= 4 is 22.4 Å². The molecule has 1 N–H and O–H groups in total. The number of hydrogen-bond acceptors (Lipinski definition) is 5. The molecule has 1 aliphatic rings. The van der Waals surface area contributed by atoms with Gasteiger partial charge in [-0.15, -0.1) is 11.3 Å². The summed E-state index contributed by atoms with van der Waals surface area (Å²) in [6.07, 6.45) is 6.26. The molecule has 7 heteroatoms. The molecule has 0 unspecified atom stereocenters. The number of aromatic nitrogens is 3. The zero-order chi connectivity index (χ0) is 16.5. The molecule has 0 bridgehead atoms. The standard InChI is InChI=1S/C17H17N5OS/c1-21-8-6-14-15(10-21)24-17(19-14)20-16(23)12-2-4-13(5-3-12)22-9-7-18-11-22/h2-5,7,9,11H,6,8,10H2,1H3,(H,19,20,23). The Balaban J connectivity index is 1.48. The second kappa shape index (κ2) is 6.18. The predicted molar refractivity (Wildman–Crippen MR) is 93.7 cm³/mol. The zero-order valence-corrected chi connectivity index (χ0v) is 14.1. The van der Waals surface area contributed by atoms with Crippen LogP contribution in [-0.2, 0) is 13.0 Å². The Morgan fingerprint density at radius 3 is 2.88 bits per heavy atom. The fourth-order valence-corrected chi connectivity index (χ4v) is 3.83. The van der Waals surface area contributed by atoms with E-state index in [4.69, 9.17) is 0 Å². The van der Waals surface area contributed by atoms with Crippen molar-refractivity contribution < 1.29 is 4.79 Å². The van der Waals surface area contributed by atoms with E-state index in [0.29, 0.717) is 10.7 Å². The molecule has 0 spiro atoms. The lowest BCUT2D eigenvalue weighted by Crippen LogP contribution is -2.25. The molecule has 3 heterocycles. The van der Waals surface area contributed by atoms with Crippen molar-refractivity contribution in [1.29, 1.82) is 0 Å². The molecule has 1 amide bonds. The van der Waals surface area contributed by atoms with Gasteiger partial charge in [-0.3, -0.25) is 10.1 Å². The summed E-state index contributed by atoms with van der Waals surface area (Å²) in [5, 5.41) is 3.59. The molecule has 1 aliphatic heterocycles. The maximum absolute atomic E-state index is 12.4. The normalized spacial score (nSPS) is 14.4. The molecule has 1 aromatic carbocycles. The first kappa shape index (κ1) is 15.0. The van der Waals surface area contributed by atoms with Gasteiger partial charge in [-0.25, -0.2) is 9.97 Å². The second-order valence-electron chi connectivity index (χ2n) is 5.85. The van der Waals surface area contributed by atoms with Crippen molar-refractivity contribution in [3.05, 3.63) is 59.1 Å². The predicted octanol–water partition coefficient (Wildman–Crippen LogP) is 2.57. The lowest BCUT2D eigenvalue weighted by molar-refractivity contribution is 0.102. The highest BCUT2D eigenvalue weighted by molar-refractivity contribution is 7.15. The molecule has 122 valence electrons. The summed E-state index contributed by atoms with van der Waals surface area (Å²) in [6.45, 7) is 1.92. The summed E-state index contributed by atoms with van der Waals surface area (Å²) < 4.78 is 1.90. The summed E-state index contributed by atoms with van der Waals surface area (Å²) in [5.41, 5.74) is 2.70. The van der Waals surface area contributed by atoms with Gasteiger partial charge >= 0.3 is 0 Å². The number of amides is 1. The average molecular weight is 339 g/mol. The Morgan fingerprint density at radius 1 is 1.29 bits per heavy atom. The third-order valence-electron chi connectivity index (χ3n) is 4.07. The van der Waals surface area contributed by atoms with Gasteiger partial charge in [0.25, 0.3) is 5.91 Å². The molecule has 4 rings (SSSR count). The molecule has 0 fully saturated rings. The molecular formula is C17H17N5OS. The van der Waals surface area contributed by atoms with Crippen LogP contribution in [0, 0.1) is 0 Å². The number of rotatable bonds is 3. The summed E-state index contributed by atoms with van der Waals surface area (Å²) in [6, 6.07) is 7.43. The quantitative estimate of drug-likeness (QED) is 0.797. The number of anilines is 1. The zero-order valence-electron chi connectivity index (χ0n) is 13.3. The van der Waals surface area contributed by atoms with Gasteiger partial charge < -0.3 is 9.47 Å². The summed E-state index contributed by atoms with van der Waals surface area (Å²) in [5.74, 6) is -0.133. The Morgan fingerprint density at radius 2 is 2.12 bits per heavy atom. The Hall–Kier alpha value is -2.51. The van der Waals surface area contributed by atoms with E-state index in [9.17, 15) is 4.79 Å². The van der Waals surface area contributed by atoms with Crippen LogP contribution >= 0.6 is 11.3 Å². The van der Waals surface area contributed by atoms with Gasteiger partial charge in [-0.2, -0.15) is 0 Å². The molecule has 3 aromatic rings. The fraction of sp³-hybridized carbons (Fsp3) is 0.235. The van der Waals surface area contributed by atoms with E-state index in [-0.39, 0.29) is 5.91 Å². The van der Waals surface area contributed by atoms with E-state index in [2.05, 4.69) is 27.2 Å².